The first-order valence-corrected chi connectivity index (χ1v) is 12.4. The van der Waals surface area contributed by atoms with Crippen LogP contribution in [0, 0.1) is 10.1 Å². The van der Waals surface area contributed by atoms with E-state index < -0.39 is 27.7 Å². The first kappa shape index (κ1) is 29.4. The molecule has 4 heterocycles. The number of pyridine rings is 4. The van der Waals surface area contributed by atoms with E-state index in [0.717, 1.165) is 12.3 Å². The lowest BCUT2D eigenvalue weighted by Crippen LogP contribution is -2.21. The molecular formula is C26H28N6O8. The summed E-state index contributed by atoms with van der Waals surface area (Å²) in [6, 6.07) is 2.65. The van der Waals surface area contributed by atoms with Crippen LogP contribution < -0.4 is 16.6 Å². The molecule has 40 heavy (non-hydrogen) atoms. The second-order valence-electron chi connectivity index (χ2n) is 8.22. The Kier molecular flexibility index (Phi) is 9.27. The summed E-state index contributed by atoms with van der Waals surface area (Å²) in [5.41, 5.74) is 5.34. The molecule has 0 saturated heterocycles. The van der Waals surface area contributed by atoms with Gasteiger partial charge in [-0.3, -0.25) is 19.7 Å². The maximum absolute atomic E-state index is 12.3. The zero-order valence-corrected chi connectivity index (χ0v) is 22.4. The SMILES string of the molecule is CCOC(=O)c1cn(CC)c2ncc(N)cc2c1=O.CCOC(=O)c1cn(CC)c2ncc([N+](=O)[O-])cc2c1=O. The molecule has 0 fully saturated rings. The number of hydrogen-bond acceptors (Lipinski definition) is 11. The van der Waals surface area contributed by atoms with Gasteiger partial charge in [-0.2, -0.15) is 0 Å². The minimum absolute atomic E-state index is 0.00333. The summed E-state index contributed by atoms with van der Waals surface area (Å²) >= 11 is 0. The number of aromatic nitrogens is 4. The van der Waals surface area contributed by atoms with Crippen LogP contribution in [0.1, 0.15) is 48.4 Å². The van der Waals surface area contributed by atoms with Crippen molar-refractivity contribution in [2.75, 3.05) is 18.9 Å². The molecule has 4 aromatic rings. The number of carbonyl (C=O) groups excluding carboxylic acids is 2. The molecule has 14 heteroatoms. The first-order valence-electron chi connectivity index (χ1n) is 12.4. The number of ether oxygens (including phenoxy) is 2. The third kappa shape index (κ3) is 5.95. The second-order valence-corrected chi connectivity index (χ2v) is 8.22. The van der Waals surface area contributed by atoms with Gasteiger partial charge in [-0.25, -0.2) is 19.6 Å². The summed E-state index contributed by atoms with van der Waals surface area (Å²) in [5, 5.41) is 11.1. The van der Waals surface area contributed by atoms with Gasteiger partial charge in [-0.15, -0.1) is 0 Å². The molecule has 4 aromatic heterocycles. The van der Waals surface area contributed by atoms with E-state index in [1.807, 2.05) is 13.8 Å². The molecular weight excluding hydrogens is 524 g/mol. The van der Waals surface area contributed by atoms with Gasteiger partial charge >= 0.3 is 11.9 Å². The Bertz CT molecular complexity index is 1730. The highest BCUT2D eigenvalue weighted by atomic mass is 16.6. The van der Waals surface area contributed by atoms with Crippen molar-refractivity contribution < 1.29 is 24.0 Å². The molecule has 0 aliphatic carbocycles. The number of rotatable bonds is 7. The highest BCUT2D eigenvalue weighted by molar-refractivity contribution is 5.94. The van der Waals surface area contributed by atoms with Crippen molar-refractivity contribution >= 4 is 45.4 Å². The summed E-state index contributed by atoms with van der Waals surface area (Å²) < 4.78 is 13.0. The Morgan fingerprint density at radius 3 is 1.73 bits per heavy atom. The largest absolute Gasteiger partial charge is 0.462 e. The molecule has 14 nitrogen and oxygen atoms in total. The number of nitrogens with zero attached hydrogens (tertiary/aromatic N) is 5. The second kappa shape index (κ2) is 12.6. The standard InChI is InChI=1S/C13H13N3O5.C13H15N3O3/c1-3-15-7-10(13(18)21-4-2)11(17)9-5-8(16(19)20)6-14-12(9)15;1-3-16-7-10(13(18)19-4-2)11(17)9-5-8(14)6-15-12(9)16/h5-7H,3-4H2,1-2H3;5-7H,3-4,14H2,1-2H3. The summed E-state index contributed by atoms with van der Waals surface area (Å²) in [5.74, 6) is -1.38. The molecule has 0 aliphatic heterocycles. The van der Waals surface area contributed by atoms with Crippen LogP contribution in [0.3, 0.4) is 0 Å². The van der Waals surface area contributed by atoms with Crippen LogP contribution in [0.4, 0.5) is 11.4 Å². The highest BCUT2D eigenvalue weighted by Crippen LogP contribution is 2.17. The third-order valence-corrected chi connectivity index (χ3v) is 5.72. The van der Waals surface area contributed by atoms with E-state index in [1.54, 1.807) is 23.0 Å². The Morgan fingerprint density at radius 2 is 1.30 bits per heavy atom. The number of nitro groups is 1. The number of nitrogens with two attached hydrogens (primary N) is 1. The number of nitrogen functional groups attached to an aromatic ring is 1. The van der Waals surface area contributed by atoms with E-state index in [2.05, 4.69) is 9.97 Å². The molecule has 0 amide bonds. The fourth-order valence-electron chi connectivity index (χ4n) is 3.84. The van der Waals surface area contributed by atoms with Gasteiger partial charge in [0.2, 0.25) is 10.9 Å². The maximum Gasteiger partial charge on any atom is 0.343 e. The molecule has 0 aromatic carbocycles. The predicted octanol–water partition coefficient (Wildman–Crippen LogP) is 2.68. The van der Waals surface area contributed by atoms with Gasteiger partial charge in [-0.1, -0.05) is 0 Å². The van der Waals surface area contributed by atoms with Crippen LogP contribution >= 0.6 is 0 Å². The minimum Gasteiger partial charge on any atom is -0.462 e. The van der Waals surface area contributed by atoms with Crippen LogP contribution in [-0.4, -0.2) is 49.2 Å². The first-order chi connectivity index (χ1) is 19.1. The van der Waals surface area contributed by atoms with Gasteiger partial charge in [0.25, 0.3) is 5.69 Å². The van der Waals surface area contributed by atoms with E-state index >= 15 is 0 Å². The van der Waals surface area contributed by atoms with Gasteiger partial charge in [0.1, 0.15) is 28.6 Å². The van der Waals surface area contributed by atoms with Gasteiger partial charge in [-0.05, 0) is 33.8 Å². The van der Waals surface area contributed by atoms with E-state index in [9.17, 15) is 29.3 Å². The van der Waals surface area contributed by atoms with Crippen LogP contribution in [0.15, 0.2) is 46.5 Å². The van der Waals surface area contributed by atoms with Crippen molar-refractivity contribution in [2.45, 2.75) is 40.8 Å². The fraction of sp³-hybridized carbons (Fsp3) is 0.308. The van der Waals surface area contributed by atoms with Crippen molar-refractivity contribution in [1.82, 2.24) is 19.1 Å². The topological polar surface area (TPSA) is 192 Å². The highest BCUT2D eigenvalue weighted by Gasteiger charge is 2.19. The molecule has 0 unspecified atom stereocenters. The van der Waals surface area contributed by atoms with Crippen LogP contribution in [-0.2, 0) is 22.6 Å². The Labute approximate surface area is 227 Å². The average molecular weight is 553 g/mol. The van der Waals surface area contributed by atoms with E-state index in [1.165, 1.54) is 24.7 Å². The Morgan fingerprint density at radius 1 is 0.850 bits per heavy atom. The van der Waals surface area contributed by atoms with Gasteiger partial charge in [0, 0.05) is 31.5 Å². The normalized spacial score (nSPS) is 10.6. The molecule has 0 spiro atoms. The third-order valence-electron chi connectivity index (χ3n) is 5.72. The zero-order chi connectivity index (χ0) is 29.6. The number of esters is 2. The molecule has 0 atom stereocenters. The van der Waals surface area contributed by atoms with Gasteiger partial charge in [0.05, 0.1) is 40.8 Å². The van der Waals surface area contributed by atoms with E-state index in [0.29, 0.717) is 35.5 Å². The molecule has 0 bridgehead atoms. The molecule has 0 radical (unpaired) electrons. The zero-order valence-electron chi connectivity index (χ0n) is 22.4. The Balaban J connectivity index is 0.000000222. The van der Waals surface area contributed by atoms with Crippen molar-refractivity contribution in [3.8, 4) is 0 Å². The van der Waals surface area contributed by atoms with Crippen molar-refractivity contribution in [3.05, 3.63) is 78.6 Å². The number of fused-ring (bicyclic) bond motifs is 2. The van der Waals surface area contributed by atoms with Crippen molar-refractivity contribution in [2.24, 2.45) is 0 Å². The number of anilines is 1. The van der Waals surface area contributed by atoms with E-state index in [4.69, 9.17) is 15.2 Å². The summed E-state index contributed by atoms with van der Waals surface area (Å²) in [6.07, 6.45) is 5.41. The summed E-state index contributed by atoms with van der Waals surface area (Å²) in [6.45, 7) is 8.42. The van der Waals surface area contributed by atoms with Crippen molar-refractivity contribution in [3.63, 3.8) is 0 Å². The molecule has 0 saturated carbocycles. The monoisotopic (exact) mass is 552 g/mol. The predicted molar refractivity (Wildman–Crippen MR) is 146 cm³/mol. The minimum atomic E-state index is -0.752. The van der Waals surface area contributed by atoms with Crippen LogP contribution in [0.25, 0.3) is 22.1 Å². The fourth-order valence-corrected chi connectivity index (χ4v) is 3.84. The quantitative estimate of drug-likeness (QED) is 0.201. The lowest BCUT2D eigenvalue weighted by atomic mass is 10.2. The summed E-state index contributed by atoms with van der Waals surface area (Å²) in [7, 11) is 0. The van der Waals surface area contributed by atoms with Crippen molar-refractivity contribution in [1.29, 1.82) is 0 Å². The average Bonchev–Trinajstić information content (AvgIpc) is 2.94. The number of aryl methyl sites for hydroxylation is 2. The maximum atomic E-state index is 12.3. The lowest BCUT2D eigenvalue weighted by Gasteiger charge is -2.10. The molecule has 0 aliphatic rings. The molecule has 210 valence electrons. The lowest BCUT2D eigenvalue weighted by molar-refractivity contribution is -0.385. The Hall–Kier alpha value is -5.14. The smallest absolute Gasteiger partial charge is 0.343 e. The van der Waals surface area contributed by atoms with Gasteiger partial charge < -0.3 is 24.3 Å². The van der Waals surface area contributed by atoms with Crippen LogP contribution in [0.2, 0.25) is 0 Å². The summed E-state index contributed by atoms with van der Waals surface area (Å²) in [4.78, 5) is 66.4. The number of carbonyl (C=O) groups is 2. The number of hydrogen-bond donors (Lipinski definition) is 1. The molecule has 2 N–H and O–H groups in total. The molecule has 4 rings (SSSR count). The van der Waals surface area contributed by atoms with E-state index in [-0.39, 0.29) is 35.4 Å². The van der Waals surface area contributed by atoms with Crippen LogP contribution in [0.5, 0.6) is 0 Å². The van der Waals surface area contributed by atoms with Gasteiger partial charge in [0.15, 0.2) is 0 Å².